The number of hydroxylamine groups is 1. The topological polar surface area (TPSA) is 96.6 Å². The van der Waals surface area contributed by atoms with E-state index >= 15 is 0 Å². The van der Waals surface area contributed by atoms with E-state index in [0.717, 1.165) is 22.1 Å². The minimum absolute atomic E-state index is 0.0413. The van der Waals surface area contributed by atoms with Crippen molar-refractivity contribution >= 4 is 12.4 Å². The first-order valence-electron chi connectivity index (χ1n) is 8.35. The van der Waals surface area contributed by atoms with Crippen LogP contribution in [-0.2, 0) is 11.8 Å². The van der Waals surface area contributed by atoms with E-state index < -0.39 is 16.9 Å². The number of aromatic nitrogens is 3. The van der Waals surface area contributed by atoms with Crippen LogP contribution < -0.4 is 11.4 Å². The van der Waals surface area contributed by atoms with Crippen molar-refractivity contribution in [3.8, 4) is 0 Å². The van der Waals surface area contributed by atoms with Crippen LogP contribution in [0.1, 0.15) is 24.9 Å². The van der Waals surface area contributed by atoms with Crippen molar-refractivity contribution in [2.45, 2.75) is 37.0 Å². The van der Waals surface area contributed by atoms with E-state index in [4.69, 9.17) is 9.73 Å². The summed E-state index contributed by atoms with van der Waals surface area (Å²) in [4.78, 5) is 30.2. The van der Waals surface area contributed by atoms with Crippen molar-refractivity contribution < 1.29 is 9.48 Å². The molecule has 1 aromatic heterocycles. The second-order valence-corrected chi connectivity index (χ2v) is 7.69. The average Bonchev–Trinajstić information content (AvgIpc) is 3.26. The molecule has 24 heavy (non-hydrogen) atoms. The maximum Gasteiger partial charge on any atom is 0.347 e. The van der Waals surface area contributed by atoms with Gasteiger partial charge in [-0.1, -0.05) is 0 Å². The van der Waals surface area contributed by atoms with Crippen LogP contribution in [0.5, 0.6) is 0 Å². The second kappa shape index (κ2) is 3.58. The molecule has 0 N–H and O–H groups in total. The number of aliphatic imine (C=N–C) groups is 1. The van der Waals surface area contributed by atoms with Gasteiger partial charge >= 0.3 is 11.4 Å². The van der Waals surface area contributed by atoms with Crippen LogP contribution in [0.2, 0.25) is 0 Å². The summed E-state index contributed by atoms with van der Waals surface area (Å²) < 4.78 is 11.1. The highest BCUT2D eigenvalue weighted by Crippen LogP contribution is 2.69. The summed E-state index contributed by atoms with van der Waals surface area (Å²) in [7, 11) is 1.49. The van der Waals surface area contributed by atoms with Gasteiger partial charge in [-0.05, 0) is 6.42 Å². The van der Waals surface area contributed by atoms with Gasteiger partial charge in [0.05, 0.1) is 24.7 Å². The maximum atomic E-state index is 12.7. The SMILES string of the molecule is Cn1c(=O)n2n(c1=O)[C@@H]1C=[N+]([O-])[C@@H]3CC[C@@H]4N=C[C@H]2C42COCC132. The van der Waals surface area contributed by atoms with Crippen LogP contribution in [0.4, 0.5) is 0 Å². The third-order valence-electron chi connectivity index (χ3n) is 7.23. The van der Waals surface area contributed by atoms with Crippen LogP contribution in [0.3, 0.4) is 0 Å². The Kier molecular flexibility index (Phi) is 1.97. The molecule has 0 radical (unpaired) electrons. The fraction of sp³-hybridized carbons (Fsp3) is 0.733. The number of rotatable bonds is 0. The van der Waals surface area contributed by atoms with Crippen LogP contribution in [0, 0.1) is 16.0 Å². The molecule has 5 heterocycles. The molecule has 1 aliphatic carbocycles. The van der Waals surface area contributed by atoms with E-state index in [0.29, 0.717) is 13.2 Å². The summed E-state index contributed by atoms with van der Waals surface area (Å²) in [5, 5.41) is 12.7. The molecule has 9 heteroatoms. The van der Waals surface area contributed by atoms with E-state index in [2.05, 4.69) is 0 Å². The predicted molar refractivity (Wildman–Crippen MR) is 82.7 cm³/mol. The number of nitrogens with zero attached hydrogens (tertiary/aromatic N) is 5. The zero-order valence-corrected chi connectivity index (χ0v) is 13.2. The molecule has 5 aliphatic rings. The first-order chi connectivity index (χ1) is 11.5. The molecule has 2 unspecified atom stereocenters. The molecule has 4 aliphatic heterocycles. The highest BCUT2D eigenvalue weighted by molar-refractivity contribution is 5.72. The van der Waals surface area contributed by atoms with Gasteiger partial charge in [-0.2, -0.15) is 0 Å². The lowest BCUT2D eigenvalue weighted by Crippen LogP contribution is -2.67. The third-order valence-corrected chi connectivity index (χ3v) is 7.23. The van der Waals surface area contributed by atoms with Crippen molar-refractivity contribution in [2.24, 2.45) is 22.9 Å². The van der Waals surface area contributed by atoms with Crippen LogP contribution in [-0.4, -0.2) is 56.4 Å². The fourth-order valence-corrected chi connectivity index (χ4v) is 6.32. The molecule has 0 bridgehead atoms. The Hall–Kier alpha value is -2.16. The summed E-state index contributed by atoms with van der Waals surface area (Å²) in [6.45, 7) is 0.913. The average molecular weight is 331 g/mol. The lowest BCUT2D eigenvalue weighted by atomic mass is 9.49. The molecule has 1 saturated heterocycles. The molecule has 1 saturated carbocycles. The number of hydrogen-bond acceptors (Lipinski definition) is 5. The summed E-state index contributed by atoms with van der Waals surface area (Å²) in [6, 6.07) is -0.962. The molecule has 9 nitrogen and oxygen atoms in total. The molecule has 1 aromatic rings. The van der Waals surface area contributed by atoms with E-state index in [9.17, 15) is 14.8 Å². The number of ether oxygens (including phenoxy) is 1. The summed E-state index contributed by atoms with van der Waals surface area (Å²) in [5.41, 5.74) is -1.64. The summed E-state index contributed by atoms with van der Waals surface area (Å²) in [5.74, 6) is 0. The largest absolute Gasteiger partial charge is 0.624 e. The van der Waals surface area contributed by atoms with Crippen LogP contribution in [0.25, 0.3) is 0 Å². The lowest BCUT2D eigenvalue weighted by molar-refractivity contribution is -0.514. The predicted octanol–water partition coefficient (Wildman–Crippen LogP) is -1.34. The van der Waals surface area contributed by atoms with E-state index in [1.165, 1.54) is 16.4 Å². The minimum Gasteiger partial charge on any atom is -0.624 e. The van der Waals surface area contributed by atoms with Gasteiger partial charge in [-0.25, -0.2) is 28.3 Å². The van der Waals surface area contributed by atoms with Gasteiger partial charge in [0.1, 0.15) is 17.5 Å². The maximum absolute atomic E-state index is 12.7. The first kappa shape index (κ1) is 13.2. The van der Waals surface area contributed by atoms with E-state index in [-0.39, 0.29) is 29.5 Å². The van der Waals surface area contributed by atoms with Gasteiger partial charge in [0, 0.05) is 19.7 Å². The van der Waals surface area contributed by atoms with Crippen molar-refractivity contribution in [1.82, 2.24) is 13.9 Å². The molecule has 2 spiro atoms. The first-order valence-corrected chi connectivity index (χ1v) is 8.35. The van der Waals surface area contributed by atoms with Crippen molar-refractivity contribution in [2.75, 3.05) is 13.2 Å². The van der Waals surface area contributed by atoms with Crippen LogP contribution in [0.15, 0.2) is 14.6 Å². The second-order valence-electron chi connectivity index (χ2n) is 7.69. The van der Waals surface area contributed by atoms with Gasteiger partial charge in [0.2, 0.25) is 0 Å². The highest BCUT2D eigenvalue weighted by Gasteiger charge is 2.80. The van der Waals surface area contributed by atoms with E-state index in [1.54, 1.807) is 6.21 Å². The Balaban J connectivity index is 1.80. The lowest BCUT2D eigenvalue weighted by Gasteiger charge is -2.54. The molecule has 0 aromatic carbocycles. The van der Waals surface area contributed by atoms with E-state index in [1.807, 2.05) is 6.21 Å². The quantitative estimate of drug-likeness (QED) is 0.434. The Morgan fingerprint density at radius 3 is 2.71 bits per heavy atom. The van der Waals surface area contributed by atoms with Gasteiger partial charge in [0.15, 0.2) is 12.3 Å². The smallest absolute Gasteiger partial charge is 0.347 e. The van der Waals surface area contributed by atoms with Crippen molar-refractivity contribution in [3.63, 3.8) is 0 Å². The zero-order valence-electron chi connectivity index (χ0n) is 13.2. The Labute approximate surface area is 136 Å². The molecule has 6 atom stereocenters. The number of fused-ring (bicyclic) bond motifs is 3. The molecule has 126 valence electrons. The summed E-state index contributed by atoms with van der Waals surface area (Å²) in [6.07, 6.45) is 4.94. The standard InChI is InChI=1S/C15H17N5O4/c1-17-12(21)19-10-4-16-8-2-3-9-15(7-24-6-14(8,10)15)11(5-18(9)23)20(19)13(17)22/h4-5,8-11H,2-3,6-7H2,1H3/t8-,9+,10-,11+,14?,15?/m0/s1. The molecule has 2 fully saturated rings. The Bertz CT molecular complexity index is 969. The highest BCUT2D eigenvalue weighted by atomic mass is 16.5. The van der Waals surface area contributed by atoms with Crippen LogP contribution >= 0.6 is 0 Å². The Morgan fingerprint density at radius 1 is 1.21 bits per heavy atom. The fourth-order valence-electron chi connectivity index (χ4n) is 6.32. The monoisotopic (exact) mass is 331 g/mol. The number of hydrogen-bond donors (Lipinski definition) is 0. The van der Waals surface area contributed by atoms with Gasteiger partial charge in [-0.15, -0.1) is 0 Å². The molecule has 0 amide bonds. The molecular formula is C15H17N5O4. The summed E-state index contributed by atoms with van der Waals surface area (Å²) >= 11 is 0. The van der Waals surface area contributed by atoms with Gasteiger partial charge < -0.3 is 9.94 Å². The Morgan fingerprint density at radius 2 is 1.92 bits per heavy atom. The molecule has 6 rings (SSSR count). The van der Waals surface area contributed by atoms with Crippen molar-refractivity contribution in [3.05, 3.63) is 26.2 Å². The van der Waals surface area contributed by atoms with Gasteiger partial charge in [0.25, 0.3) is 0 Å². The third kappa shape index (κ3) is 0.978. The minimum atomic E-state index is -0.490. The normalized spacial score (nSPS) is 46.6. The van der Waals surface area contributed by atoms with Crippen molar-refractivity contribution in [1.29, 1.82) is 0 Å². The zero-order chi connectivity index (χ0) is 16.4. The van der Waals surface area contributed by atoms with Gasteiger partial charge in [-0.3, -0.25) is 4.99 Å². The molecular weight excluding hydrogens is 314 g/mol.